The second kappa shape index (κ2) is 13.4. The highest BCUT2D eigenvalue weighted by molar-refractivity contribution is 7.91. The molecule has 0 radical (unpaired) electrons. The molecule has 2 aliphatic carbocycles. The van der Waals surface area contributed by atoms with E-state index in [1.807, 2.05) is 37.3 Å². The molecule has 2 aliphatic heterocycles. The smallest absolute Gasteiger partial charge is 0.408 e. The van der Waals surface area contributed by atoms with E-state index in [-0.39, 0.29) is 19.4 Å². The van der Waals surface area contributed by atoms with E-state index in [1.54, 1.807) is 27.7 Å². The van der Waals surface area contributed by atoms with Crippen molar-refractivity contribution in [2.75, 3.05) is 6.54 Å². The van der Waals surface area contributed by atoms with Gasteiger partial charge in [-0.1, -0.05) is 42.4 Å². The van der Waals surface area contributed by atoms with E-state index in [4.69, 9.17) is 9.47 Å². The number of carbonyl (C=O) groups excluding carboxylic acids is 4. The first kappa shape index (κ1) is 36.1. The first-order chi connectivity index (χ1) is 23.5. The third-order valence-corrected chi connectivity index (χ3v) is 13.0. The number of hydrogen-bond acceptors (Lipinski definition) is 10. The van der Waals surface area contributed by atoms with Gasteiger partial charge in [0.05, 0.1) is 21.5 Å². The maximum Gasteiger partial charge on any atom is 0.408 e. The Hall–Kier alpha value is -3.72. The number of aryl methyl sites for hydroxylation is 1. The first-order valence-electron chi connectivity index (χ1n) is 17.4. The fourth-order valence-corrected chi connectivity index (χ4v) is 8.89. The fourth-order valence-electron chi connectivity index (χ4n) is 6.60. The minimum Gasteiger partial charge on any atom is -0.465 e. The van der Waals surface area contributed by atoms with Crippen LogP contribution in [0.25, 0.3) is 10.2 Å². The third kappa shape index (κ3) is 7.78. The molecule has 272 valence electrons. The molecule has 0 spiro atoms. The van der Waals surface area contributed by atoms with Crippen LogP contribution in [0.1, 0.15) is 91.0 Å². The summed E-state index contributed by atoms with van der Waals surface area (Å²) in [5.41, 5.74) is -0.423. The highest BCUT2D eigenvalue weighted by Gasteiger charge is 2.63. The summed E-state index contributed by atoms with van der Waals surface area (Å²) in [6, 6.07) is 3.84. The van der Waals surface area contributed by atoms with Crippen LogP contribution in [0.5, 0.6) is 5.19 Å². The average molecular weight is 730 g/mol. The predicted octanol–water partition coefficient (Wildman–Crippen LogP) is 4.24. The van der Waals surface area contributed by atoms with Crippen LogP contribution in [0.4, 0.5) is 4.79 Å². The van der Waals surface area contributed by atoms with Crippen molar-refractivity contribution >= 4 is 55.4 Å². The Morgan fingerprint density at radius 3 is 2.62 bits per heavy atom. The quantitative estimate of drug-likeness (QED) is 0.368. The lowest BCUT2D eigenvalue weighted by atomic mass is 10.0. The van der Waals surface area contributed by atoms with Crippen molar-refractivity contribution in [2.45, 2.75) is 126 Å². The number of aromatic nitrogens is 1. The summed E-state index contributed by atoms with van der Waals surface area (Å²) in [7, 11) is -3.96. The Labute approximate surface area is 297 Å². The van der Waals surface area contributed by atoms with Gasteiger partial charge in [-0.2, -0.15) is 0 Å². The number of sulfonamides is 1. The van der Waals surface area contributed by atoms with Crippen LogP contribution >= 0.6 is 11.3 Å². The van der Waals surface area contributed by atoms with E-state index in [0.29, 0.717) is 37.3 Å². The molecule has 15 heteroatoms. The van der Waals surface area contributed by atoms with Crippen molar-refractivity contribution in [3.8, 4) is 5.19 Å². The van der Waals surface area contributed by atoms with Crippen molar-refractivity contribution in [2.24, 2.45) is 5.92 Å². The van der Waals surface area contributed by atoms with Gasteiger partial charge >= 0.3 is 6.09 Å². The molecule has 2 saturated carbocycles. The molecule has 0 bridgehead atoms. The molecule has 3 heterocycles. The molecule has 6 rings (SSSR count). The summed E-state index contributed by atoms with van der Waals surface area (Å²) in [6.45, 7) is 8.82. The molecule has 3 N–H and O–H groups in total. The van der Waals surface area contributed by atoms with Crippen LogP contribution in [-0.2, 0) is 29.1 Å². The highest BCUT2D eigenvalue weighted by Crippen LogP contribution is 2.47. The molecule has 4 amide bonds. The SMILES string of the molecule is Cc1ccc2nc(O[C@@H]3C[C@H]4C(=O)N[C@]5(C(=O)NS(=O)(=O)C6(C)CC6)C[C@H]5/C=C\CCCCC[C@H](NC(=O)OC(C)(C)C)C(=O)N4C3)sc2c1. The number of rotatable bonds is 6. The molecule has 1 aromatic heterocycles. The van der Waals surface area contributed by atoms with Crippen molar-refractivity contribution in [3.63, 3.8) is 0 Å². The summed E-state index contributed by atoms with van der Waals surface area (Å²) >= 11 is 1.37. The Morgan fingerprint density at radius 1 is 1.14 bits per heavy atom. The van der Waals surface area contributed by atoms with E-state index in [0.717, 1.165) is 28.6 Å². The molecular weight excluding hydrogens is 683 g/mol. The van der Waals surface area contributed by atoms with Gasteiger partial charge in [0.25, 0.3) is 11.1 Å². The lowest BCUT2D eigenvalue weighted by molar-refractivity contribution is -0.141. The number of thiazole rings is 1. The summed E-state index contributed by atoms with van der Waals surface area (Å²) in [6.07, 6.45) is 6.95. The van der Waals surface area contributed by atoms with Gasteiger partial charge in [-0.3, -0.25) is 19.1 Å². The largest absolute Gasteiger partial charge is 0.465 e. The number of fused-ring (bicyclic) bond motifs is 3. The zero-order valence-corrected chi connectivity index (χ0v) is 30.9. The van der Waals surface area contributed by atoms with Crippen molar-refractivity contribution in [1.29, 1.82) is 0 Å². The maximum absolute atomic E-state index is 14.3. The standard InChI is InChI=1S/C35H47N5O8S2/c1-21-13-14-24-27(17-21)49-32(37-24)47-23-18-26-28(41)38-35(30(43)39-50(45,46)34(5)15-16-34)19-22(35)11-9-7-6-8-10-12-25(29(42)40(26)20-23)36-31(44)48-33(2,3)4/h9,11,13-14,17,22-23,25-26H,6-8,10,12,15-16,18-20H2,1-5H3,(H,36,44)(H,38,41)(H,39,43)/b11-9-/t22-,23-,25+,26+,35-/m1/s1. The second-order valence-corrected chi connectivity index (χ2v) is 18.5. The normalized spacial score (nSPS) is 29.0. The van der Waals surface area contributed by atoms with E-state index < -0.39 is 73.8 Å². The van der Waals surface area contributed by atoms with Crippen LogP contribution in [0, 0.1) is 12.8 Å². The fraction of sp³-hybridized carbons (Fsp3) is 0.629. The third-order valence-electron chi connectivity index (χ3n) is 9.96. The Balaban J connectivity index is 1.29. The van der Waals surface area contributed by atoms with Crippen molar-refractivity contribution < 1.29 is 37.1 Å². The van der Waals surface area contributed by atoms with Gasteiger partial charge in [0, 0.05) is 12.3 Å². The number of nitrogens with zero attached hydrogens (tertiary/aromatic N) is 2. The highest BCUT2D eigenvalue weighted by atomic mass is 32.2. The van der Waals surface area contributed by atoms with Gasteiger partial charge < -0.3 is 25.0 Å². The van der Waals surface area contributed by atoms with Crippen LogP contribution < -0.4 is 20.1 Å². The van der Waals surface area contributed by atoms with E-state index in [1.165, 1.54) is 16.2 Å². The molecule has 0 unspecified atom stereocenters. The van der Waals surface area contributed by atoms with Gasteiger partial charge in [0.15, 0.2) is 0 Å². The lowest BCUT2D eigenvalue weighted by Gasteiger charge is -2.30. The molecule has 2 aromatic rings. The average Bonchev–Trinajstić information content (AvgIpc) is 3.83. The number of amides is 4. The van der Waals surface area contributed by atoms with Crippen LogP contribution in [0.15, 0.2) is 30.4 Å². The lowest BCUT2D eigenvalue weighted by Crippen LogP contribution is -2.58. The molecule has 13 nitrogen and oxygen atoms in total. The van der Waals surface area contributed by atoms with Crippen LogP contribution in [0.2, 0.25) is 0 Å². The van der Waals surface area contributed by atoms with E-state index in [9.17, 15) is 27.6 Å². The number of allylic oxidation sites excluding steroid dienone is 1. The number of benzene rings is 1. The number of alkyl carbamates (subject to hydrolysis) is 1. The van der Waals surface area contributed by atoms with Gasteiger partial charge in [-0.15, -0.1) is 0 Å². The van der Waals surface area contributed by atoms with Crippen molar-refractivity contribution in [1.82, 2.24) is 25.2 Å². The summed E-state index contributed by atoms with van der Waals surface area (Å²) in [5, 5.41) is 6.02. The van der Waals surface area contributed by atoms with Crippen LogP contribution in [0.3, 0.4) is 0 Å². The van der Waals surface area contributed by atoms with E-state index in [2.05, 4.69) is 20.3 Å². The number of nitrogens with one attached hydrogen (secondary N) is 3. The summed E-state index contributed by atoms with van der Waals surface area (Å²) in [4.78, 5) is 61.2. The zero-order valence-electron chi connectivity index (χ0n) is 29.2. The van der Waals surface area contributed by atoms with Crippen molar-refractivity contribution in [3.05, 3.63) is 35.9 Å². The number of hydrogen-bond donors (Lipinski definition) is 3. The molecule has 1 saturated heterocycles. The second-order valence-electron chi connectivity index (χ2n) is 15.4. The van der Waals surface area contributed by atoms with Gasteiger partial charge in [0.2, 0.25) is 21.8 Å². The van der Waals surface area contributed by atoms with E-state index >= 15 is 0 Å². The Bertz CT molecular complexity index is 1810. The molecule has 5 atom stereocenters. The minimum atomic E-state index is -3.96. The summed E-state index contributed by atoms with van der Waals surface area (Å²) in [5.74, 6) is -2.26. The number of carbonyl (C=O) groups is 4. The van der Waals surface area contributed by atoms with Gasteiger partial charge in [-0.25, -0.2) is 18.2 Å². The first-order valence-corrected chi connectivity index (χ1v) is 19.7. The number of ether oxygens (including phenoxy) is 2. The summed E-state index contributed by atoms with van der Waals surface area (Å²) < 4.78 is 40.1. The minimum absolute atomic E-state index is 0.0354. The van der Waals surface area contributed by atoms with Crippen LogP contribution in [-0.4, -0.2) is 82.7 Å². The monoisotopic (exact) mass is 729 g/mol. The molecule has 50 heavy (non-hydrogen) atoms. The Kier molecular flexibility index (Phi) is 9.70. The molecule has 1 aromatic carbocycles. The molecular formula is C35H47N5O8S2. The van der Waals surface area contributed by atoms with Gasteiger partial charge in [-0.05, 0) is 90.8 Å². The maximum atomic E-state index is 14.3. The Morgan fingerprint density at radius 2 is 1.90 bits per heavy atom. The molecule has 4 aliphatic rings. The molecule has 3 fully saturated rings. The predicted molar refractivity (Wildman–Crippen MR) is 188 cm³/mol. The zero-order chi connectivity index (χ0) is 36.1. The topological polar surface area (TPSA) is 173 Å². The van der Waals surface area contributed by atoms with Gasteiger partial charge in [0.1, 0.15) is 29.3 Å².